The summed E-state index contributed by atoms with van der Waals surface area (Å²) in [6.45, 7) is 0.923. The SMILES string of the molecule is NC(=O)[C@@H]1CNC[C@H]1C(N)=O. The van der Waals surface area contributed by atoms with Crippen LogP contribution in [0.5, 0.6) is 0 Å². The molecule has 0 spiro atoms. The van der Waals surface area contributed by atoms with Gasteiger partial charge in [-0.15, -0.1) is 0 Å². The second kappa shape index (κ2) is 2.87. The summed E-state index contributed by atoms with van der Waals surface area (Å²) in [5.74, 6) is -1.77. The van der Waals surface area contributed by atoms with Crippen LogP contribution in [-0.2, 0) is 9.59 Å². The maximum absolute atomic E-state index is 10.7. The monoisotopic (exact) mass is 157 g/mol. The van der Waals surface area contributed by atoms with Gasteiger partial charge in [-0.3, -0.25) is 9.59 Å². The fourth-order valence-electron chi connectivity index (χ4n) is 1.28. The number of primary amides is 2. The molecule has 0 aromatic carbocycles. The average Bonchev–Trinajstić information content (AvgIpc) is 2.32. The van der Waals surface area contributed by atoms with Crippen molar-refractivity contribution in [2.75, 3.05) is 13.1 Å². The van der Waals surface area contributed by atoms with Crippen LogP contribution in [0.3, 0.4) is 0 Å². The Morgan fingerprint density at radius 1 is 1.09 bits per heavy atom. The van der Waals surface area contributed by atoms with Crippen LogP contribution in [0.2, 0.25) is 0 Å². The van der Waals surface area contributed by atoms with Gasteiger partial charge >= 0.3 is 0 Å². The van der Waals surface area contributed by atoms with E-state index < -0.39 is 23.7 Å². The van der Waals surface area contributed by atoms with E-state index in [0.29, 0.717) is 13.1 Å². The van der Waals surface area contributed by atoms with Crippen LogP contribution in [-0.4, -0.2) is 24.9 Å². The van der Waals surface area contributed by atoms with E-state index >= 15 is 0 Å². The van der Waals surface area contributed by atoms with Crippen LogP contribution in [0.25, 0.3) is 0 Å². The molecule has 0 aromatic rings. The topological polar surface area (TPSA) is 98.2 Å². The molecule has 2 amide bonds. The fraction of sp³-hybridized carbons (Fsp3) is 0.667. The van der Waals surface area contributed by atoms with Gasteiger partial charge in [-0.2, -0.15) is 0 Å². The molecular weight excluding hydrogens is 146 g/mol. The second-order valence-corrected chi connectivity index (χ2v) is 2.68. The van der Waals surface area contributed by atoms with E-state index in [1.807, 2.05) is 0 Å². The van der Waals surface area contributed by atoms with Gasteiger partial charge in [-0.1, -0.05) is 0 Å². The van der Waals surface area contributed by atoms with Crippen molar-refractivity contribution in [2.24, 2.45) is 23.3 Å². The van der Waals surface area contributed by atoms with Crippen LogP contribution in [0, 0.1) is 11.8 Å². The first-order valence-corrected chi connectivity index (χ1v) is 3.42. The quantitative estimate of drug-likeness (QED) is 0.424. The molecule has 11 heavy (non-hydrogen) atoms. The molecule has 1 heterocycles. The molecule has 2 atom stereocenters. The molecule has 1 saturated heterocycles. The summed E-state index contributed by atoms with van der Waals surface area (Å²) in [6.07, 6.45) is 0. The standard InChI is InChI=1S/C6H11N3O2/c7-5(10)3-1-9-2-4(3)6(8)11/h3-4,9H,1-2H2,(H2,7,10)(H2,8,11)/t3-,4-/m1/s1. The van der Waals surface area contributed by atoms with Crippen molar-refractivity contribution in [1.82, 2.24) is 5.32 Å². The summed E-state index contributed by atoms with van der Waals surface area (Å²) in [4.78, 5) is 21.4. The number of nitrogens with one attached hydrogen (secondary N) is 1. The number of carbonyl (C=O) groups is 2. The highest BCUT2D eigenvalue weighted by Gasteiger charge is 2.34. The highest BCUT2D eigenvalue weighted by molar-refractivity contribution is 5.86. The third-order valence-corrected chi connectivity index (χ3v) is 1.95. The Kier molecular flexibility index (Phi) is 2.09. The lowest BCUT2D eigenvalue weighted by Gasteiger charge is -2.09. The Morgan fingerprint density at radius 2 is 1.45 bits per heavy atom. The summed E-state index contributed by atoms with van der Waals surface area (Å²) < 4.78 is 0. The van der Waals surface area contributed by atoms with Crippen molar-refractivity contribution in [3.05, 3.63) is 0 Å². The molecule has 1 aliphatic heterocycles. The van der Waals surface area contributed by atoms with Crippen LogP contribution in [0.4, 0.5) is 0 Å². The van der Waals surface area contributed by atoms with E-state index in [2.05, 4.69) is 5.32 Å². The van der Waals surface area contributed by atoms with Gasteiger partial charge in [-0.05, 0) is 0 Å². The Morgan fingerprint density at radius 3 is 1.73 bits per heavy atom. The van der Waals surface area contributed by atoms with Crippen molar-refractivity contribution in [1.29, 1.82) is 0 Å². The van der Waals surface area contributed by atoms with Gasteiger partial charge in [-0.25, -0.2) is 0 Å². The minimum Gasteiger partial charge on any atom is -0.369 e. The lowest BCUT2D eigenvalue weighted by Crippen LogP contribution is -2.36. The zero-order chi connectivity index (χ0) is 8.43. The molecule has 0 aliphatic carbocycles. The van der Waals surface area contributed by atoms with Gasteiger partial charge in [0.25, 0.3) is 0 Å². The number of amides is 2. The molecule has 0 saturated carbocycles. The molecule has 5 N–H and O–H groups in total. The first-order valence-electron chi connectivity index (χ1n) is 3.42. The fourth-order valence-corrected chi connectivity index (χ4v) is 1.28. The maximum Gasteiger partial charge on any atom is 0.222 e. The molecule has 1 fully saturated rings. The molecule has 0 bridgehead atoms. The number of rotatable bonds is 2. The molecule has 0 radical (unpaired) electrons. The molecule has 0 aromatic heterocycles. The summed E-state index contributed by atoms with van der Waals surface area (Å²) in [6, 6.07) is 0. The van der Waals surface area contributed by atoms with Gasteiger partial charge < -0.3 is 16.8 Å². The Balaban J connectivity index is 2.65. The molecule has 5 heteroatoms. The Bertz CT molecular complexity index is 172. The first-order chi connectivity index (χ1) is 5.13. The first kappa shape index (κ1) is 8.00. The smallest absolute Gasteiger partial charge is 0.222 e. The van der Waals surface area contributed by atoms with Crippen molar-refractivity contribution in [3.8, 4) is 0 Å². The second-order valence-electron chi connectivity index (χ2n) is 2.68. The summed E-state index contributed by atoms with van der Waals surface area (Å²) in [5, 5.41) is 2.88. The zero-order valence-electron chi connectivity index (χ0n) is 6.04. The van der Waals surface area contributed by atoms with E-state index in [9.17, 15) is 9.59 Å². The van der Waals surface area contributed by atoms with Crippen molar-refractivity contribution in [3.63, 3.8) is 0 Å². The number of hydrogen-bond acceptors (Lipinski definition) is 3. The van der Waals surface area contributed by atoms with Crippen molar-refractivity contribution < 1.29 is 9.59 Å². The van der Waals surface area contributed by atoms with Crippen LogP contribution >= 0.6 is 0 Å². The zero-order valence-corrected chi connectivity index (χ0v) is 6.04. The van der Waals surface area contributed by atoms with Crippen LogP contribution < -0.4 is 16.8 Å². The molecule has 5 nitrogen and oxygen atoms in total. The predicted octanol–water partition coefficient (Wildman–Crippen LogP) is -2.21. The van der Waals surface area contributed by atoms with Crippen molar-refractivity contribution in [2.45, 2.75) is 0 Å². The third-order valence-electron chi connectivity index (χ3n) is 1.95. The van der Waals surface area contributed by atoms with Crippen molar-refractivity contribution >= 4 is 11.8 Å². The van der Waals surface area contributed by atoms with E-state index in [-0.39, 0.29) is 0 Å². The number of nitrogens with two attached hydrogens (primary N) is 2. The molecule has 62 valence electrons. The number of carbonyl (C=O) groups excluding carboxylic acids is 2. The van der Waals surface area contributed by atoms with Gasteiger partial charge in [0.05, 0.1) is 11.8 Å². The Labute approximate surface area is 64.1 Å². The lowest BCUT2D eigenvalue weighted by molar-refractivity contribution is -0.129. The van der Waals surface area contributed by atoms with Gasteiger partial charge in [0.15, 0.2) is 0 Å². The van der Waals surface area contributed by atoms with E-state index in [1.165, 1.54) is 0 Å². The highest BCUT2D eigenvalue weighted by Crippen LogP contribution is 2.14. The molecule has 1 aliphatic rings. The van der Waals surface area contributed by atoms with Gasteiger partial charge in [0, 0.05) is 13.1 Å². The summed E-state index contributed by atoms with van der Waals surface area (Å²) in [7, 11) is 0. The third kappa shape index (κ3) is 1.48. The Hall–Kier alpha value is -1.10. The van der Waals surface area contributed by atoms with E-state index in [1.54, 1.807) is 0 Å². The summed E-state index contributed by atoms with van der Waals surface area (Å²) >= 11 is 0. The van der Waals surface area contributed by atoms with Gasteiger partial charge in [0.2, 0.25) is 11.8 Å². The lowest BCUT2D eigenvalue weighted by atomic mass is 9.95. The molecular formula is C6H11N3O2. The van der Waals surface area contributed by atoms with Gasteiger partial charge in [0.1, 0.15) is 0 Å². The van der Waals surface area contributed by atoms with E-state index in [0.717, 1.165) is 0 Å². The average molecular weight is 157 g/mol. The normalized spacial score (nSPS) is 30.2. The minimum atomic E-state index is -0.459. The summed E-state index contributed by atoms with van der Waals surface area (Å²) in [5.41, 5.74) is 10.1. The number of hydrogen-bond donors (Lipinski definition) is 3. The predicted molar refractivity (Wildman–Crippen MR) is 38.2 cm³/mol. The molecule has 1 rings (SSSR count). The highest BCUT2D eigenvalue weighted by atomic mass is 16.2. The molecule has 0 unspecified atom stereocenters. The van der Waals surface area contributed by atoms with Crippen LogP contribution in [0.1, 0.15) is 0 Å². The minimum absolute atomic E-state index is 0.424. The maximum atomic E-state index is 10.7. The largest absolute Gasteiger partial charge is 0.369 e. The van der Waals surface area contributed by atoms with E-state index in [4.69, 9.17) is 11.5 Å². The van der Waals surface area contributed by atoms with Crippen LogP contribution in [0.15, 0.2) is 0 Å².